The van der Waals surface area contributed by atoms with Gasteiger partial charge in [0.15, 0.2) is 0 Å². The zero-order chi connectivity index (χ0) is 7.72. The molecule has 0 fully saturated rings. The van der Waals surface area contributed by atoms with Crippen LogP contribution in [-0.4, -0.2) is 0 Å². The topological polar surface area (TPSA) is 0 Å². The van der Waals surface area contributed by atoms with Gasteiger partial charge in [-0.15, -0.1) is 11.3 Å². The largest absolute Gasteiger partial charge is 0.273 e. The van der Waals surface area contributed by atoms with Crippen molar-refractivity contribution in [3.63, 3.8) is 0 Å². The second-order valence-electron chi connectivity index (χ2n) is 1.90. The second kappa shape index (κ2) is 2.96. The first-order valence-corrected chi connectivity index (χ1v) is 4.32. The molecule has 10 heavy (non-hydrogen) atoms. The molecule has 0 aliphatic heterocycles. The number of aryl methyl sites for hydroxylation is 1. The van der Waals surface area contributed by atoms with Crippen LogP contribution in [0.2, 0.25) is 0 Å². The highest BCUT2D eigenvalue weighted by Gasteiger charge is 2.14. The van der Waals surface area contributed by atoms with Crippen LogP contribution < -0.4 is 0 Å². The normalized spacial score (nSPS) is 10.9. The predicted octanol–water partition coefficient (Wildman–Crippen LogP) is 3.76. The van der Waals surface area contributed by atoms with E-state index in [9.17, 15) is 8.78 Å². The van der Waals surface area contributed by atoms with Crippen LogP contribution in [0.15, 0.2) is 9.85 Å². The second-order valence-corrected chi connectivity index (χ2v) is 3.60. The van der Waals surface area contributed by atoms with Gasteiger partial charge in [0.2, 0.25) is 0 Å². The molecule has 1 aromatic heterocycles. The first-order chi connectivity index (χ1) is 4.63. The van der Waals surface area contributed by atoms with E-state index in [1.54, 1.807) is 12.3 Å². The lowest BCUT2D eigenvalue weighted by Gasteiger charge is -1.93. The number of halogens is 3. The lowest BCUT2D eigenvalue weighted by molar-refractivity contribution is 0.155. The van der Waals surface area contributed by atoms with Crippen LogP contribution in [0.4, 0.5) is 8.78 Å². The van der Waals surface area contributed by atoms with E-state index in [0.717, 1.165) is 16.9 Å². The van der Waals surface area contributed by atoms with E-state index in [0.29, 0.717) is 4.47 Å². The number of thiophene rings is 1. The predicted molar refractivity (Wildman–Crippen MR) is 41.7 cm³/mol. The summed E-state index contributed by atoms with van der Waals surface area (Å²) in [7, 11) is 0. The number of rotatable bonds is 1. The Morgan fingerprint density at radius 1 is 1.60 bits per heavy atom. The van der Waals surface area contributed by atoms with E-state index in [4.69, 9.17) is 0 Å². The molecule has 0 bridgehead atoms. The monoisotopic (exact) mass is 226 g/mol. The smallest absolute Gasteiger partial charge is 0.204 e. The van der Waals surface area contributed by atoms with Gasteiger partial charge in [-0.25, -0.2) is 8.78 Å². The number of alkyl halides is 2. The van der Waals surface area contributed by atoms with Gasteiger partial charge in [-0.3, -0.25) is 0 Å². The van der Waals surface area contributed by atoms with E-state index in [1.807, 2.05) is 0 Å². The first kappa shape index (κ1) is 8.14. The maximum Gasteiger partial charge on any atom is 0.273 e. The van der Waals surface area contributed by atoms with Gasteiger partial charge in [-0.1, -0.05) is 0 Å². The van der Waals surface area contributed by atoms with Crippen LogP contribution in [-0.2, 0) is 0 Å². The van der Waals surface area contributed by atoms with Crippen LogP contribution >= 0.6 is 27.3 Å². The van der Waals surface area contributed by atoms with E-state index < -0.39 is 6.43 Å². The summed E-state index contributed by atoms with van der Waals surface area (Å²) in [5, 5.41) is 1.71. The minimum atomic E-state index is -2.35. The van der Waals surface area contributed by atoms with Crippen molar-refractivity contribution in [1.82, 2.24) is 0 Å². The summed E-state index contributed by atoms with van der Waals surface area (Å²) >= 11 is 4.17. The maximum absolute atomic E-state index is 12.0. The third kappa shape index (κ3) is 1.37. The highest BCUT2D eigenvalue weighted by molar-refractivity contribution is 9.10. The Balaban J connectivity index is 3.05. The van der Waals surface area contributed by atoms with Crippen LogP contribution in [0, 0.1) is 6.92 Å². The minimum Gasteiger partial charge on any atom is -0.204 e. The number of hydrogen-bond acceptors (Lipinski definition) is 1. The highest BCUT2D eigenvalue weighted by atomic mass is 79.9. The molecule has 1 aromatic rings. The molecule has 1 heterocycles. The summed E-state index contributed by atoms with van der Waals surface area (Å²) in [5.74, 6) is 0. The molecular formula is C6H5BrF2S. The molecule has 4 heteroatoms. The van der Waals surface area contributed by atoms with Gasteiger partial charge in [-0.05, 0) is 33.8 Å². The van der Waals surface area contributed by atoms with Gasteiger partial charge in [0.05, 0.1) is 4.88 Å². The summed E-state index contributed by atoms with van der Waals surface area (Å²) in [4.78, 5) is 0.123. The fourth-order valence-electron chi connectivity index (χ4n) is 0.597. The van der Waals surface area contributed by atoms with E-state index in [-0.39, 0.29) is 4.88 Å². The van der Waals surface area contributed by atoms with Crippen LogP contribution in [0.25, 0.3) is 0 Å². The minimum absolute atomic E-state index is 0.123. The Kier molecular flexibility index (Phi) is 2.41. The summed E-state index contributed by atoms with van der Waals surface area (Å²) in [6.45, 7) is 1.80. The summed E-state index contributed by atoms with van der Waals surface area (Å²) in [6, 6.07) is 0. The molecule has 0 N–H and O–H groups in total. The molecule has 56 valence electrons. The Morgan fingerprint density at radius 3 is 2.40 bits per heavy atom. The van der Waals surface area contributed by atoms with Gasteiger partial charge in [-0.2, -0.15) is 0 Å². The standard InChI is InChI=1S/C6H5BrF2S/c1-3-2-10-5(4(3)7)6(8)9/h2,6H,1H3. The zero-order valence-electron chi connectivity index (χ0n) is 5.20. The van der Waals surface area contributed by atoms with Crippen molar-refractivity contribution >= 4 is 27.3 Å². The molecule has 0 unspecified atom stereocenters. The van der Waals surface area contributed by atoms with E-state index >= 15 is 0 Å². The van der Waals surface area contributed by atoms with Crippen LogP contribution in [0.3, 0.4) is 0 Å². The molecule has 0 saturated heterocycles. The molecule has 0 radical (unpaired) electrons. The van der Waals surface area contributed by atoms with Gasteiger partial charge < -0.3 is 0 Å². The van der Waals surface area contributed by atoms with Crippen LogP contribution in [0.5, 0.6) is 0 Å². The van der Waals surface area contributed by atoms with Crippen molar-refractivity contribution in [2.75, 3.05) is 0 Å². The highest BCUT2D eigenvalue weighted by Crippen LogP contribution is 2.34. The Hall–Kier alpha value is 0.0400. The van der Waals surface area contributed by atoms with Crippen molar-refractivity contribution in [2.24, 2.45) is 0 Å². The molecule has 0 aliphatic carbocycles. The Labute approximate surface area is 70.0 Å². The molecular weight excluding hydrogens is 222 g/mol. The van der Waals surface area contributed by atoms with Gasteiger partial charge in [0.1, 0.15) is 0 Å². The third-order valence-corrected chi connectivity index (χ3v) is 3.55. The molecule has 0 spiro atoms. The molecule has 0 aromatic carbocycles. The summed E-state index contributed by atoms with van der Waals surface area (Å²) in [5.41, 5.74) is 0.875. The lowest BCUT2D eigenvalue weighted by Crippen LogP contribution is -1.77. The molecule has 0 aliphatic rings. The van der Waals surface area contributed by atoms with Crippen molar-refractivity contribution in [3.05, 3.63) is 20.3 Å². The van der Waals surface area contributed by atoms with E-state index in [1.165, 1.54) is 0 Å². The molecule has 0 amide bonds. The fourth-order valence-corrected chi connectivity index (χ4v) is 2.11. The van der Waals surface area contributed by atoms with Crippen molar-refractivity contribution in [2.45, 2.75) is 13.3 Å². The maximum atomic E-state index is 12.0. The fraction of sp³-hybridized carbons (Fsp3) is 0.333. The summed E-state index contributed by atoms with van der Waals surface area (Å²) < 4.78 is 24.6. The molecule has 0 saturated carbocycles. The Bertz CT molecular complexity index is 232. The molecule has 0 nitrogen and oxygen atoms in total. The molecule has 1 rings (SSSR count). The lowest BCUT2D eigenvalue weighted by atomic mass is 10.3. The Morgan fingerprint density at radius 2 is 2.20 bits per heavy atom. The SMILES string of the molecule is Cc1csc(C(F)F)c1Br. The first-order valence-electron chi connectivity index (χ1n) is 2.64. The average Bonchev–Trinajstić information content (AvgIpc) is 2.14. The van der Waals surface area contributed by atoms with E-state index in [2.05, 4.69) is 15.9 Å². The van der Waals surface area contributed by atoms with Gasteiger partial charge in [0, 0.05) is 4.47 Å². The van der Waals surface area contributed by atoms with Crippen molar-refractivity contribution < 1.29 is 8.78 Å². The van der Waals surface area contributed by atoms with Crippen LogP contribution in [0.1, 0.15) is 16.9 Å². The van der Waals surface area contributed by atoms with Crippen molar-refractivity contribution in [3.8, 4) is 0 Å². The third-order valence-electron chi connectivity index (χ3n) is 1.12. The zero-order valence-corrected chi connectivity index (χ0v) is 7.60. The average molecular weight is 227 g/mol. The van der Waals surface area contributed by atoms with Gasteiger partial charge in [0.25, 0.3) is 6.43 Å². The van der Waals surface area contributed by atoms with Gasteiger partial charge >= 0.3 is 0 Å². The quantitative estimate of drug-likeness (QED) is 0.685. The summed E-state index contributed by atoms with van der Waals surface area (Å²) in [6.07, 6.45) is -2.35. The molecule has 0 atom stereocenters. The van der Waals surface area contributed by atoms with Crippen molar-refractivity contribution in [1.29, 1.82) is 0 Å². The number of hydrogen-bond donors (Lipinski definition) is 0.